The van der Waals surface area contributed by atoms with E-state index in [1.165, 1.54) is 11.3 Å². The molecular weight excluding hydrogens is 316 g/mol. The van der Waals surface area contributed by atoms with E-state index in [9.17, 15) is 9.59 Å². The van der Waals surface area contributed by atoms with E-state index in [4.69, 9.17) is 5.11 Å². The number of fused-ring (bicyclic) bond motifs is 1. The number of nitrogens with one attached hydrogen (secondary N) is 1. The van der Waals surface area contributed by atoms with Crippen molar-refractivity contribution in [1.29, 1.82) is 0 Å². The fourth-order valence-corrected chi connectivity index (χ4v) is 3.30. The fraction of sp³-hybridized carbons (Fsp3) is 0.267. The minimum absolute atomic E-state index is 0.188. The van der Waals surface area contributed by atoms with Crippen LogP contribution in [0.15, 0.2) is 23.7 Å². The number of H-pyrrole nitrogens is 1. The molecule has 0 bridgehead atoms. The average Bonchev–Trinajstić information content (AvgIpc) is 3.20. The lowest BCUT2D eigenvalue weighted by Gasteiger charge is -2.14. The van der Waals surface area contributed by atoms with Crippen molar-refractivity contribution in [2.75, 3.05) is 7.05 Å². The van der Waals surface area contributed by atoms with Gasteiger partial charge in [-0.2, -0.15) is 5.10 Å². The highest BCUT2D eigenvalue weighted by atomic mass is 32.1. The zero-order valence-corrected chi connectivity index (χ0v) is 13.6. The van der Waals surface area contributed by atoms with Crippen molar-refractivity contribution in [2.24, 2.45) is 0 Å². The van der Waals surface area contributed by atoms with Crippen LogP contribution in [0, 0.1) is 0 Å². The number of nitrogens with zero attached hydrogens (tertiary/aromatic N) is 3. The van der Waals surface area contributed by atoms with Gasteiger partial charge in [-0.1, -0.05) is 0 Å². The van der Waals surface area contributed by atoms with Gasteiger partial charge in [-0.25, -0.2) is 4.79 Å². The summed E-state index contributed by atoms with van der Waals surface area (Å²) in [5, 5.41) is 15.1. The van der Waals surface area contributed by atoms with Crippen LogP contribution in [0.2, 0.25) is 0 Å². The molecule has 3 aromatic heterocycles. The Morgan fingerprint density at radius 3 is 2.91 bits per heavy atom. The maximum Gasteiger partial charge on any atom is 0.338 e. The quantitative estimate of drug-likeness (QED) is 0.750. The van der Waals surface area contributed by atoms with E-state index in [1.807, 2.05) is 19.2 Å². The summed E-state index contributed by atoms with van der Waals surface area (Å²) in [5.74, 6) is -1.20. The van der Waals surface area contributed by atoms with Crippen molar-refractivity contribution in [3.05, 3.63) is 40.7 Å². The first-order chi connectivity index (χ1) is 11.0. The van der Waals surface area contributed by atoms with Gasteiger partial charge in [-0.05, 0) is 19.1 Å². The van der Waals surface area contributed by atoms with Crippen molar-refractivity contribution >= 4 is 33.4 Å². The van der Waals surface area contributed by atoms with Gasteiger partial charge in [-0.3, -0.25) is 9.48 Å². The van der Waals surface area contributed by atoms with E-state index in [0.29, 0.717) is 17.8 Å². The predicted octanol–water partition coefficient (Wildman–Crippen LogP) is 2.42. The average molecular weight is 332 g/mol. The van der Waals surface area contributed by atoms with Crippen LogP contribution in [0.4, 0.5) is 0 Å². The van der Waals surface area contributed by atoms with E-state index in [1.54, 1.807) is 28.1 Å². The summed E-state index contributed by atoms with van der Waals surface area (Å²) in [4.78, 5) is 28.1. The summed E-state index contributed by atoms with van der Waals surface area (Å²) in [6.45, 7) is 3.17. The van der Waals surface area contributed by atoms with Crippen molar-refractivity contribution in [3.8, 4) is 0 Å². The van der Waals surface area contributed by atoms with Crippen molar-refractivity contribution < 1.29 is 14.7 Å². The minimum atomic E-state index is -1.00. The third kappa shape index (κ3) is 2.85. The van der Waals surface area contributed by atoms with Gasteiger partial charge in [0, 0.05) is 25.2 Å². The molecule has 8 heteroatoms. The molecule has 3 rings (SSSR count). The second-order valence-corrected chi connectivity index (χ2v) is 6.11. The number of carboxylic acids is 1. The topological polar surface area (TPSA) is 91.2 Å². The number of aryl methyl sites for hydroxylation is 1. The Labute approximate surface area is 136 Å². The molecule has 3 aromatic rings. The van der Waals surface area contributed by atoms with Gasteiger partial charge >= 0.3 is 5.97 Å². The van der Waals surface area contributed by atoms with Gasteiger partial charge in [0.2, 0.25) is 0 Å². The number of carbonyl (C=O) groups is 2. The van der Waals surface area contributed by atoms with E-state index in [0.717, 1.165) is 16.9 Å². The number of thiophene rings is 1. The number of aromatic carboxylic acids is 1. The number of aromatic amines is 1. The van der Waals surface area contributed by atoms with E-state index < -0.39 is 5.97 Å². The highest BCUT2D eigenvalue weighted by Crippen LogP contribution is 2.27. The van der Waals surface area contributed by atoms with Gasteiger partial charge in [0.1, 0.15) is 5.69 Å². The Kier molecular flexibility index (Phi) is 3.91. The molecule has 120 valence electrons. The number of amides is 1. The first kappa shape index (κ1) is 15.3. The molecule has 3 heterocycles. The minimum Gasteiger partial charge on any atom is -0.478 e. The molecule has 0 unspecified atom stereocenters. The van der Waals surface area contributed by atoms with E-state index in [-0.39, 0.29) is 11.5 Å². The zero-order valence-electron chi connectivity index (χ0n) is 12.7. The van der Waals surface area contributed by atoms with E-state index >= 15 is 0 Å². The molecule has 0 fully saturated rings. The van der Waals surface area contributed by atoms with Crippen LogP contribution in [-0.4, -0.2) is 43.7 Å². The maximum absolute atomic E-state index is 12.5. The van der Waals surface area contributed by atoms with Gasteiger partial charge in [0.25, 0.3) is 5.91 Å². The van der Waals surface area contributed by atoms with Crippen LogP contribution in [0.1, 0.15) is 33.5 Å². The van der Waals surface area contributed by atoms with Crippen molar-refractivity contribution in [2.45, 2.75) is 20.0 Å². The molecule has 0 aromatic carbocycles. The first-order valence-corrected chi connectivity index (χ1v) is 7.99. The van der Waals surface area contributed by atoms with E-state index in [2.05, 4.69) is 10.1 Å². The van der Waals surface area contributed by atoms with Crippen LogP contribution < -0.4 is 0 Å². The van der Waals surface area contributed by atoms with Crippen LogP contribution in [0.3, 0.4) is 0 Å². The molecular formula is C15H16N4O3S. The first-order valence-electron chi connectivity index (χ1n) is 7.11. The summed E-state index contributed by atoms with van der Waals surface area (Å²) in [6, 6.07) is 3.57. The van der Waals surface area contributed by atoms with Crippen molar-refractivity contribution in [3.63, 3.8) is 0 Å². The molecule has 7 nitrogen and oxygen atoms in total. The number of carbonyl (C=O) groups excluding carboxylic acids is 1. The molecule has 0 saturated heterocycles. The maximum atomic E-state index is 12.5. The fourth-order valence-electron chi connectivity index (χ4n) is 2.37. The Balaban J connectivity index is 1.80. The lowest BCUT2D eigenvalue weighted by Crippen LogP contribution is -2.26. The molecule has 1 amide bonds. The Morgan fingerprint density at radius 2 is 2.26 bits per heavy atom. The number of hydrogen-bond donors (Lipinski definition) is 2. The molecule has 2 N–H and O–H groups in total. The van der Waals surface area contributed by atoms with Gasteiger partial charge in [0.05, 0.1) is 28.0 Å². The summed E-state index contributed by atoms with van der Waals surface area (Å²) in [7, 11) is 1.69. The monoisotopic (exact) mass is 332 g/mol. The lowest BCUT2D eigenvalue weighted by atomic mass is 10.3. The summed E-state index contributed by atoms with van der Waals surface area (Å²) < 4.78 is 2.56. The SMILES string of the molecule is CCn1ccc(CN(C)C(=O)c2cc3scc(C(=O)O)c3[nH]2)n1. The molecule has 0 aliphatic heterocycles. The molecule has 0 aliphatic carbocycles. The molecule has 0 spiro atoms. The lowest BCUT2D eigenvalue weighted by molar-refractivity contribution is 0.0698. The highest BCUT2D eigenvalue weighted by molar-refractivity contribution is 7.17. The molecule has 23 heavy (non-hydrogen) atoms. The summed E-state index contributed by atoms with van der Waals surface area (Å²) >= 11 is 1.30. The molecule has 0 radical (unpaired) electrons. The summed E-state index contributed by atoms with van der Waals surface area (Å²) in [5.41, 5.74) is 1.87. The Hall–Kier alpha value is -2.61. The normalized spacial score (nSPS) is 11.0. The second-order valence-electron chi connectivity index (χ2n) is 5.20. The van der Waals surface area contributed by atoms with Crippen LogP contribution >= 0.6 is 11.3 Å². The molecule has 0 atom stereocenters. The van der Waals surface area contributed by atoms with Gasteiger partial charge < -0.3 is 15.0 Å². The third-order valence-corrected chi connectivity index (χ3v) is 4.51. The standard InChI is InChI=1S/C15H16N4O3S/c1-3-19-5-4-9(17-19)7-18(2)14(20)11-6-12-13(16-11)10(8-23-12)15(21)22/h4-6,8,16H,3,7H2,1-2H3,(H,21,22). The predicted molar refractivity (Wildman–Crippen MR) is 86.8 cm³/mol. The largest absolute Gasteiger partial charge is 0.478 e. The Morgan fingerprint density at radius 1 is 1.48 bits per heavy atom. The highest BCUT2D eigenvalue weighted by Gasteiger charge is 2.19. The van der Waals surface area contributed by atoms with Crippen molar-refractivity contribution in [1.82, 2.24) is 19.7 Å². The molecule has 0 saturated carbocycles. The van der Waals surface area contributed by atoms with Crippen LogP contribution in [0.25, 0.3) is 10.2 Å². The smallest absolute Gasteiger partial charge is 0.338 e. The number of aromatic nitrogens is 3. The van der Waals surface area contributed by atoms with Crippen LogP contribution in [-0.2, 0) is 13.1 Å². The van der Waals surface area contributed by atoms with Crippen LogP contribution in [0.5, 0.6) is 0 Å². The third-order valence-electron chi connectivity index (χ3n) is 3.58. The second kappa shape index (κ2) is 5.88. The van der Waals surface area contributed by atoms with Gasteiger partial charge in [0.15, 0.2) is 0 Å². The summed E-state index contributed by atoms with van der Waals surface area (Å²) in [6.07, 6.45) is 1.87. The zero-order chi connectivity index (χ0) is 16.6. The van der Waals surface area contributed by atoms with Gasteiger partial charge in [-0.15, -0.1) is 11.3 Å². The molecule has 0 aliphatic rings. The number of carboxylic acid groups (broad SMARTS) is 1. The number of hydrogen-bond acceptors (Lipinski definition) is 4. The number of rotatable bonds is 5. The Bertz CT molecular complexity index is 876.